The molecule has 0 unspecified atom stereocenters. The van der Waals surface area contributed by atoms with Crippen molar-refractivity contribution in [1.29, 1.82) is 0 Å². The topological polar surface area (TPSA) is 76.1 Å². The van der Waals surface area contributed by atoms with E-state index in [0.717, 1.165) is 31.2 Å². The molecule has 0 aliphatic heterocycles. The maximum Gasteiger partial charge on any atom is 0.320 e. The molecular weight excluding hydrogens is 352 g/mol. The second kappa shape index (κ2) is 9.38. The molecule has 1 aromatic carbocycles. The van der Waals surface area contributed by atoms with Crippen molar-refractivity contribution in [2.24, 2.45) is 0 Å². The fourth-order valence-corrected chi connectivity index (χ4v) is 3.22. The van der Waals surface area contributed by atoms with Gasteiger partial charge in [0.2, 0.25) is 0 Å². The number of rotatable bonds is 5. The first-order chi connectivity index (χ1) is 12.7. The van der Waals surface area contributed by atoms with Gasteiger partial charge < -0.3 is 10.1 Å². The molecule has 2 N–H and O–H groups in total. The van der Waals surface area contributed by atoms with Gasteiger partial charge in [0, 0.05) is 29.0 Å². The van der Waals surface area contributed by atoms with Gasteiger partial charge in [0.1, 0.15) is 6.61 Å². The molecule has 1 aliphatic carbocycles. The van der Waals surface area contributed by atoms with Gasteiger partial charge in [-0.05, 0) is 18.9 Å². The number of carbonyl (C=O) groups excluding carboxylic acids is 1. The zero-order valence-corrected chi connectivity index (χ0v) is 15.3. The molecular formula is C19H23ClN4O2. The number of aromatic nitrogens is 2. The van der Waals surface area contributed by atoms with Crippen LogP contribution in [0.3, 0.4) is 0 Å². The Kier molecular flexibility index (Phi) is 6.66. The predicted molar refractivity (Wildman–Crippen MR) is 101 cm³/mol. The summed E-state index contributed by atoms with van der Waals surface area (Å²) < 4.78 is 5.71. The fraction of sp³-hybridized carbons (Fsp3) is 0.421. The van der Waals surface area contributed by atoms with Crippen LogP contribution in [0, 0.1) is 0 Å². The molecule has 0 saturated heterocycles. The van der Waals surface area contributed by atoms with Crippen LogP contribution < -0.4 is 15.4 Å². The highest BCUT2D eigenvalue weighted by Crippen LogP contribution is 2.22. The van der Waals surface area contributed by atoms with E-state index >= 15 is 0 Å². The molecule has 0 bridgehead atoms. The normalized spacial score (nSPS) is 15.1. The van der Waals surface area contributed by atoms with Crippen molar-refractivity contribution in [3.05, 3.63) is 47.2 Å². The second-order valence-corrected chi connectivity index (χ2v) is 6.78. The van der Waals surface area contributed by atoms with E-state index in [-0.39, 0.29) is 24.6 Å². The van der Waals surface area contributed by atoms with Crippen LogP contribution in [0.15, 0.2) is 36.7 Å². The Labute approximate surface area is 158 Å². The van der Waals surface area contributed by atoms with E-state index in [9.17, 15) is 4.79 Å². The van der Waals surface area contributed by atoms with Gasteiger partial charge in [-0.1, -0.05) is 55.5 Å². The summed E-state index contributed by atoms with van der Waals surface area (Å²) in [6.45, 7) is 0.247. The second-order valence-electron chi connectivity index (χ2n) is 6.38. The van der Waals surface area contributed by atoms with E-state index in [1.807, 2.05) is 18.2 Å². The molecule has 2 aromatic rings. The van der Waals surface area contributed by atoms with Gasteiger partial charge in [-0.25, -0.2) is 14.8 Å². The number of ether oxygens (including phenoxy) is 1. The number of amides is 2. The highest BCUT2D eigenvalue weighted by molar-refractivity contribution is 6.31. The molecule has 138 valence electrons. The smallest absolute Gasteiger partial charge is 0.320 e. The lowest BCUT2D eigenvalue weighted by Gasteiger charge is -2.17. The number of nitrogens with one attached hydrogen (secondary N) is 2. The van der Waals surface area contributed by atoms with E-state index in [1.54, 1.807) is 6.07 Å². The van der Waals surface area contributed by atoms with Crippen molar-refractivity contribution in [2.75, 3.05) is 5.32 Å². The molecule has 1 heterocycles. The molecule has 1 fully saturated rings. The van der Waals surface area contributed by atoms with Gasteiger partial charge >= 0.3 is 6.03 Å². The van der Waals surface area contributed by atoms with Crippen molar-refractivity contribution in [3.8, 4) is 5.88 Å². The van der Waals surface area contributed by atoms with E-state index in [2.05, 4.69) is 20.6 Å². The summed E-state index contributed by atoms with van der Waals surface area (Å²) in [4.78, 5) is 20.6. The molecule has 26 heavy (non-hydrogen) atoms. The minimum atomic E-state index is -0.278. The van der Waals surface area contributed by atoms with Crippen molar-refractivity contribution in [1.82, 2.24) is 15.3 Å². The summed E-state index contributed by atoms with van der Waals surface area (Å²) in [6.07, 6.45) is 9.87. The van der Waals surface area contributed by atoms with Gasteiger partial charge in [-0.3, -0.25) is 5.32 Å². The summed E-state index contributed by atoms with van der Waals surface area (Å²) in [5, 5.41) is 6.39. The SMILES string of the molecule is O=C(Nc1nccnc1OCc1ccccc1Cl)NC1CCCCCC1. The quantitative estimate of drug-likeness (QED) is 0.752. The van der Waals surface area contributed by atoms with Crippen LogP contribution in [-0.4, -0.2) is 22.0 Å². The van der Waals surface area contributed by atoms with Crippen LogP contribution in [0.5, 0.6) is 5.88 Å². The lowest BCUT2D eigenvalue weighted by Crippen LogP contribution is -2.37. The molecule has 1 aromatic heterocycles. The Bertz CT molecular complexity index is 733. The van der Waals surface area contributed by atoms with Crippen LogP contribution >= 0.6 is 11.6 Å². The first-order valence-corrected chi connectivity index (χ1v) is 9.35. The molecule has 6 nitrogen and oxygen atoms in total. The third-order valence-electron chi connectivity index (χ3n) is 4.41. The third-order valence-corrected chi connectivity index (χ3v) is 4.78. The van der Waals surface area contributed by atoms with Crippen LogP contribution in [-0.2, 0) is 6.61 Å². The molecule has 2 amide bonds. The Hall–Kier alpha value is -2.34. The number of hydrogen-bond donors (Lipinski definition) is 2. The molecule has 3 rings (SSSR count). The summed E-state index contributed by atoms with van der Waals surface area (Å²) in [5.74, 6) is 0.564. The van der Waals surface area contributed by atoms with E-state index in [1.165, 1.54) is 25.2 Å². The number of halogens is 1. The molecule has 1 aliphatic rings. The summed E-state index contributed by atoms with van der Waals surface area (Å²) >= 11 is 6.14. The van der Waals surface area contributed by atoms with Crippen molar-refractivity contribution < 1.29 is 9.53 Å². The fourth-order valence-electron chi connectivity index (χ4n) is 3.03. The Morgan fingerprint density at radius 3 is 2.62 bits per heavy atom. The predicted octanol–water partition coefficient (Wildman–Crippen LogP) is 4.55. The number of nitrogens with zero attached hydrogens (tertiary/aromatic N) is 2. The van der Waals surface area contributed by atoms with Crippen LogP contribution in [0.2, 0.25) is 5.02 Å². The van der Waals surface area contributed by atoms with E-state index in [4.69, 9.17) is 16.3 Å². The molecule has 0 spiro atoms. The number of urea groups is 1. The Morgan fingerprint density at radius 1 is 1.12 bits per heavy atom. The highest BCUT2D eigenvalue weighted by Gasteiger charge is 2.17. The largest absolute Gasteiger partial charge is 0.470 e. The minimum Gasteiger partial charge on any atom is -0.470 e. The van der Waals surface area contributed by atoms with Gasteiger partial charge in [0.25, 0.3) is 5.88 Å². The highest BCUT2D eigenvalue weighted by atomic mass is 35.5. The van der Waals surface area contributed by atoms with Gasteiger partial charge in [-0.2, -0.15) is 0 Å². The Morgan fingerprint density at radius 2 is 1.85 bits per heavy atom. The molecule has 0 atom stereocenters. The van der Waals surface area contributed by atoms with Crippen molar-refractivity contribution in [3.63, 3.8) is 0 Å². The van der Waals surface area contributed by atoms with Crippen LogP contribution in [0.4, 0.5) is 10.6 Å². The number of benzene rings is 1. The summed E-state index contributed by atoms with van der Waals surface area (Å²) in [5.41, 5.74) is 0.841. The molecule has 7 heteroatoms. The maximum atomic E-state index is 12.3. The first-order valence-electron chi connectivity index (χ1n) is 8.97. The van der Waals surface area contributed by atoms with Crippen molar-refractivity contribution in [2.45, 2.75) is 51.2 Å². The average molecular weight is 375 g/mol. The number of hydrogen-bond acceptors (Lipinski definition) is 4. The van der Waals surface area contributed by atoms with Gasteiger partial charge in [-0.15, -0.1) is 0 Å². The molecule has 1 saturated carbocycles. The third kappa shape index (κ3) is 5.33. The van der Waals surface area contributed by atoms with Gasteiger partial charge in [0.15, 0.2) is 5.82 Å². The maximum absolute atomic E-state index is 12.3. The Balaban J connectivity index is 1.59. The number of carbonyl (C=O) groups is 1. The van der Waals surface area contributed by atoms with E-state index in [0.29, 0.717) is 10.8 Å². The zero-order valence-electron chi connectivity index (χ0n) is 14.6. The van der Waals surface area contributed by atoms with Crippen LogP contribution in [0.25, 0.3) is 0 Å². The van der Waals surface area contributed by atoms with E-state index < -0.39 is 0 Å². The standard InChI is InChI=1S/C19H23ClN4O2/c20-16-10-6-5-7-14(16)13-26-18-17(21-11-12-22-18)24-19(25)23-15-8-3-1-2-4-9-15/h5-7,10-12,15H,1-4,8-9,13H2,(H2,21,23,24,25). The first kappa shape index (κ1) is 18.5. The minimum absolute atomic E-state index is 0.210. The van der Waals surface area contributed by atoms with Crippen LogP contribution in [0.1, 0.15) is 44.1 Å². The zero-order chi connectivity index (χ0) is 18.2. The average Bonchev–Trinajstić information content (AvgIpc) is 2.91. The lowest BCUT2D eigenvalue weighted by atomic mass is 10.1. The molecule has 0 radical (unpaired) electrons. The summed E-state index contributed by atoms with van der Waals surface area (Å²) in [6, 6.07) is 7.36. The van der Waals surface area contributed by atoms with Gasteiger partial charge in [0.05, 0.1) is 0 Å². The monoisotopic (exact) mass is 374 g/mol. The lowest BCUT2D eigenvalue weighted by molar-refractivity contribution is 0.246. The summed E-state index contributed by atoms with van der Waals surface area (Å²) in [7, 11) is 0. The number of anilines is 1. The van der Waals surface area contributed by atoms with Crippen molar-refractivity contribution >= 4 is 23.4 Å².